The first-order valence-electron chi connectivity index (χ1n) is 6.89. The summed E-state index contributed by atoms with van der Waals surface area (Å²) in [5, 5.41) is 15.3. The van der Waals surface area contributed by atoms with E-state index in [0.29, 0.717) is 10.6 Å². The zero-order chi connectivity index (χ0) is 17.2. The maximum atomic E-state index is 12.5. The number of aliphatic hydroxyl groups is 1. The van der Waals surface area contributed by atoms with Crippen molar-refractivity contribution >= 4 is 29.2 Å². The molecule has 1 aromatic carbocycles. The number of benzene rings is 1. The maximum Gasteiger partial charge on any atom is 0.334 e. The Morgan fingerprint density at radius 1 is 1.35 bits per heavy atom. The third kappa shape index (κ3) is 4.43. The van der Waals surface area contributed by atoms with Crippen LogP contribution in [0, 0.1) is 0 Å². The predicted molar refractivity (Wildman–Crippen MR) is 86.3 cm³/mol. The molecule has 1 heterocycles. The highest BCUT2D eigenvalue weighted by Crippen LogP contribution is 2.34. The molecular formula is C15H17Cl2N3O3. The van der Waals surface area contributed by atoms with Gasteiger partial charge in [0.05, 0.1) is 0 Å². The summed E-state index contributed by atoms with van der Waals surface area (Å²) >= 11 is 12.0. The van der Waals surface area contributed by atoms with Crippen LogP contribution in [0.2, 0.25) is 10.0 Å². The number of halogens is 2. The van der Waals surface area contributed by atoms with E-state index in [4.69, 9.17) is 27.9 Å². The van der Waals surface area contributed by atoms with Gasteiger partial charge in [-0.2, -0.15) is 5.10 Å². The molecule has 0 aliphatic carbocycles. The predicted octanol–water partition coefficient (Wildman–Crippen LogP) is 3.20. The van der Waals surface area contributed by atoms with Gasteiger partial charge in [0.25, 0.3) is 0 Å². The van der Waals surface area contributed by atoms with Crippen LogP contribution in [0.5, 0.6) is 0 Å². The molecule has 0 saturated heterocycles. The second-order valence-corrected chi connectivity index (χ2v) is 6.81. The number of carbonyl (C=O) groups is 1. The van der Waals surface area contributed by atoms with Crippen molar-refractivity contribution in [3.8, 4) is 0 Å². The van der Waals surface area contributed by atoms with E-state index in [1.807, 2.05) is 0 Å². The highest BCUT2D eigenvalue weighted by atomic mass is 35.5. The van der Waals surface area contributed by atoms with Crippen molar-refractivity contribution in [2.75, 3.05) is 0 Å². The molecule has 0 bridgehead atoms. The molecule has 0 amide bonds. The Morgan fingerprint density at radius 2 is 2.04 bits per heavy atom. The highest BCUT2D eigenvalue weighted by Gasteiger charge is 2.35. The van der Waals surface area contributed by atoms with Crippen LogP contribution < -0.4 is 0 Å². The van der Waals surface area contributed by atoms with Gasteiger partial charge in [-0.15, -0.1) is 0 Å². The van der Waals surface area contributed by atoms with Crippen LogP contribution in [0.15, 0.2) is 30.9 Å². The molecule has 0 aliphatic heterocycles. The van der Waals surface area contributed by atoms with Crippen LogP contribution in [0.3, 0.4) is 0 Å². The molecule has 6 nitrogen and oxygen atoms in total. The number of hydrogen-bond acceptors (Lipinski definition) is 5. The molecule has 124 valence electrons. The minimum Gasteiger partial charge on any atom is -0.458 e. The molecule has 8 heteroatoms. The molecule has 2 atom stereocenters. The third-order valence-corrected chi connectivity index (χ3v) is 3.51. The van der Waals surface area contributed by atoms with Crippen molar-refractivity contribution in [3.05, 3.63) is 46.5 Å². The minimum atomic E-state index is -1.27. The van der Waals surface area contributed by atoms with Gasteiger partial charge in [-0.3, -0.25) is 0 Å². The van der Waals surface area contributed by atoms with Gasteiger partial charge in [0.15, 0.2) is 6.04 Å². The van der Waals surface area contributed by atoms with Crippen molar-refractivity contribution in [3.63, 3.8) is 0 Å². The van der Waals surface area contributed by atoms with Gasteiger partial charge in [0.2, 0.25) is 0 Å². The Balaban J connectivity index is 2.39. The largest absolute Gasteiger partial charge is 0.458 e. The van der Waals surface area contributed by atoms with E-state index < -0.39 is 23.7 Å². The van der Waals surface area contributed by atoms with Gasteiger partial charge in [0, 0.05) is 15.6 Å². The number of ether oxygens (including phenoxy) is 1. The normalized spacial score (nSPS) is 14.3. The van der Waals surface area contributed by atoms with Crippen LogP contribution in [-0.4, -0.2) is 31.4 Å². The summed E-state index contributed by atoms with van der Waals surface area (Å²) in [6, 6.07) is 3.52. The lowest BCUT2D eigenvalue weighted by atomic mass is 10.0. The summed E-state index contributed by atoms with van der Waals surface area (Å²) in [7, 11) is 0. The van der Waals surface area contributed by atoms with E-state index in [-0.39, 0.29) is 5.02 Å². The smallest absolute Gasteiger partial charge is 0.334 e. The summed E-state index contributed by atoms with van der Waals surface area (Å²) in [4.78, 5) is 16.3. The quantitative estimate of drug-likeness (QED) is 0.850. The minimum absolute atomic E-state index is 0.249. The Bertz CT molecular complexity index is 684. The molecule has 0 spiro atoms. The average molecular weight is 358 g/mol. The van der Waals surface area contributed by atoms with Crippen LogP contribution in [0.4, 0.5) is 0 Å². The molecule has 0 fully saturated rings. The van der Waals surface area contributed by atoms with Crippen molar-refractivity contribution in [2.24, 2.45) is 0 Å². The number of aliphatic hydroxyl groups excluding tert-OH is 1. The average Bonchev–Trinajstić information content (AvgIpc) is 2.90. The second kappa shape index (κ2) is 6.86. The molecular weight excluding hydrogens is 341 g/mol. The second-order valence-electron chi connectivity index (χ2n) is 5.96. The maximum absolute atomic E-state index is 12.5. The van der Waals surface area contributed by atoms with E-state index >= 15 is 0 Å². The monoisotopic (exact) mass is 357 g/mol. The lowest BCUT2D eigenvalue weighted by molar-refractivity contribution is -0.163. The number of rotatable bonds is 4. The van der Waals surface area contributed by atoms with E-state index in [9.17, 15) is 9.90 Å². The van der Waals surface area contributed by atoms with E-state index in [0.717, 1.165) is 0 Å². The first kappa shape index (κ1) is 17.7. The Hall–Kier alpha value is -1.63. The van der Waals surface area contributed by atoms with E-state index in [2.05, 4.69) is 10.1 Å². The van der Waals surface area contributed by atoms with Crippen LogP contribution >= 0.6 is 23.2 Å². The molecule has 1 N–H and O–H groups in total. The number of aromatic nitrogens is 3. The third-order valence-electron chi connectivity index (χ3n) is 2.95. The Kier molecular flexibility index (Phi) is 5.29. The summed E-state index contributed by atoms with van der Waals surface area (Å²) in [6.07, 6.45) is 1.34. The SMILES string of the molecule is CC(C)(C)OC(=O)C(C(O)c1ccc(Cl)cc1Cl)n1cncn1. The fourth-order valence-corrected chi connectivity index (χ4v) is 2.54. The summed E-state index contributed by atoms with van der Waals surface area (Å²) in [6.45, 7) is 5.22. The lowest BCUT2D eigenvalue weighted by Gasteiger charge is -2.27. The standard InChI is InChI=1S/C15H17Cl2N3O3/c1-15(2,3)23-14(22)12(20-8-18-7-19-20)13(21)10-5-4-9(16)6-11(10)17/h4-8,12-13,21H,1-3H3. The molecule has 0 radical (unpaired) electrons. The topological polar surface area (TPSA) is 77.2 Å². The molecule has 2 aromatic rings. The first-order valence-corrected chi connectivity index (χ1v) is 7.64. The zero-order valence-corrected chi connectivity index (χ0v) is 14.4. The highest BCUT2D eigenvalue weighted by molar-refractivity contribution is 6.35. The van der Waals surface area contributed by atoms with Crippen LogP contribution in [0.1, 0.15) is 38.5 Å². The number of hydrogen-bond donors (Lipinski definition) is 1. The lowest BCUT2D eigenvalue weighted by Crippen LogP contribution is -2.34. The molecule has 2 rings (SSSR count). The molecule has 1 aromatic heterocycles. The zero-order valence-electron chi connectivity index (χ0n) is 12.9. The van der Waals surface area contributed by atoms with Crippen LogP contribution in [-0.2, 0) is 9.53 Å². The van der Waals surface area contributed by atoms with Gasteiger partial charge >= 0.3 is 5.97 Å². The Labute approximate surface area is 144 Å². The van der Waals surface area contributed by atoms with Gasteiger partial charge in [-0.25, -0.2) is 14.5 Å². The van der Waals surface area contributed by atoms with Crippen molar-refractivity contribution < 1.29 is 14.6 Å². The van der Waals surface area contributed by atoms with E-state index in [1.54, 1.807) is 32.9 Å². The summed E-state index contributed by atoms with van der Waals surface area (Å²) in [5.41, 5.74) is -0.359. The van der Waals surface area contributed by atoms with Crippen molar-refractivity contribution in [1.29, 1.82) is 0 Å². The van der Waals surface area contributed by atoms with Crippen molar-refractivity contribution in [2.45, 2.75) is 38.5 Å². The van der Waals surface area contributed by atoms with Gasteiger partial charge in [-0.1, -0.05) is 29.3 Å². The summed E-state index contributed by atoms with van der Waals surface area (Å²) in [5.74, 6) is -0.637. The van der Waals surface area contributed by atoms with Gasteiger partial charge in [0.1, 0.15) is 24.4 Å². The molecule has 0 aliphatic rings. The van der Waals surface area contributed by atoms with Crippen molar-refractivity contribution in [1.82, 2.24) is 14.8 Å². The first-order chi connectivity index (χ1) is 10.7. The number of carbonyl (C=O) groups excluding carboxylic acids is 1. The number of esters is 1. The molecule has 23 heavy (non-hydrogen) atoms. The molecule has 0 saturated carbocycles. The van der Waals surface area contributed by atoms with Crippen LogP contribution in [0.25, 0.3) is 0 Å². The fourth-order valence-electron chi connectivity index (χ4n) is 2.02. The fraction of sp³-hybridized carbons (Fsp3) is 0.400. The Morgan fingerprint density at radius 3 is 2.57 bits per heavy atom. The molecule has 2 unspecified atom stereocenters. The number of nitrogens with zero attached hydrogens (tertiary/aromatic N) is 3. The van der Waals surface area contributed by atoms with E-state index in [1.165, 1.54) is 23.4 Å². The van der Waals surface area contributed by atoms with Gasteiger partial charge in [-0.05, 0) is 32.9 Å². The van der Waals surface area contributed by atoms with Gasteiger partial charge < -0.3 is 9.84 Å². The summed E-state index contributed by atoms with van der Waals surface area (Å²) < 4.78 is 6.61.